The fraction of sp³-hybridized carbons (Fsp3) is 0.200. The van der Waals surface area contributed by atoms with Gasteiger partial charge in [0.25, 0.3) is 5.69 Å². The SMILES string of the molecule is CC(=O)Nc1cc2nc(C)sc2cc1[N+](=O)[O-]. The van der Waals surface area contributed by atoms with Crippen molar-refractivity contribution in [3.63, 3.8) is 0 Å². The number of fused-ring (bicyclic) bond motifs is 1. The molecule has 2 aromatic rings. The Morgan fingerprint density at radius 3 is 2.82 bits per heavy atom. The maximum absolute atomic E-state index is 11.0. The van der Waals surface area contributed by atoms with Gasteiger partial charge in [0.15, 0.2) is 0 Å². The van der Waals surface area contributed by atoms with Crippen LogP contribution in [0.3, 0.4) is 0 Å². The third-order valence-corrected chi connectivity index (χ3v) is 3.05. The highest BCUT2D eigenvalue weighted by molar-refractivity contribution is 7.18. The predicted molar refractivity (Wildman–Crippen MR) is 65.3 cm³/mol. The van der Waals surface area contributed by atoms with E-state index >= 15 is 0 Å². The molecular weight excluding hydrogens is 242 g/mol. The molecule has 0 aliphatic heterocycles. The van der Waals surface area contributed by atoms with Crippen molar-refractivity contribution in [2.24, 2.45) is 0 Å². The minimum absolute atomic E-state index is 0.114. The van der Waals surface area contributed by atoms with E-state index < -0.39 is 4.92 Å². The highest BCUT2D eigenvalue weighted by Gasteiger charge is 2.17. The number of amides is 1. The lowest BCUT2D eigenvalue weighted by atomic mass is 10.2. The van der Waals surface area contributed by atoms with Crippen molar-refractivity contribution in [3.8, 4) is 0 Å². The minimum atomic E-state index is -0.514. The van der Waals surface area contributed by atoms with Gasteiger partial charge in [0.1, 0.15) is 5.69 Å². The lowest BCUT2D eigenvalue weighted by Gasteiger charge is -2.02. The smallest absolute Gasteiger partial charge is 0.294 e. The minimum Gasteiger partial charge on any atom is -0.321 e. The van der Waals surface area contributed by atoms with E-state index in [2.05, 4.69) is 10.3 Å². The number of rotatable bonds is 2. The molecule has 0 radical (unpaired) electrons. The van der Waals surface area contributed by atoms with E-state index in [4.69, 9.17) is 0 Å². The van der Waals surface area contributed by atoms with Crippen LogP contribution in [0, 0.1) is 17.0 Å². The van der Waals surface area contributed by atoms with Crippen LogP contribution in [0.4, 0.5) is 11.4 Å². The molecule has 6 nitrogen and oxygen atoms in total. The molecule has 0 aliphatic rings. The predicted octanol–water partition coefficient (Wildman–Crippen LogP) is 2.47. The van der Waals surface area contributed by atoms with Crippen LogP contribution in [-0.2, 0) is 4.79 Å². The summed E-state index contributed by atoms with van der Waals surface area (Å²) in [6.07, 6.45) is 0. The highest BCUT2D eigenvalue weighted by atomic mass is 32.1. The second kappa shape index (κ2) is 4.10. The molecule has 0 bridgehead atoms. The van der Waals surface area contributed by atoms with Crippen molar-refractivity contribution in [2.75, 3.05) is 5.32 Å². The first-order valence-corrected chi connectivity index (χ1v) is 5.62. The molecule has 0 atom stereocenters. The zero-order valence-electron chi connectivity index (χ0n) is 9.18. The Balaban J connectivity index is 2.65. The first kappa shape index (κ1) is 11.5. The number of nitrogens with one attached hydrogen (secondary N) is 1. The molecule has 1 heterocycles. The fourth-order valence-electron chi connectivity index (χ4n) is 1.52. The zero-order valence-corrected chi connectivity index (χ0v) is 10.00. The molecule has 1 aromatic heterocycles. The second-order valence-corrected chi connectivity index (χ2v) is 4.74. The van der Waals surface area contributed by atoms with Crippen LogP contribution in [0.15, 0.2) is 12.1 Å². The summed E-state index contributed by atoms with van der Waals surface area (Å²) in [7, 11) is 0. The molecule has 17 heavy (non-hydrogen) atoms. The van der Waals surface area contributed by atoms with Crippen molar-refractivity contribution in [1.82, 2.24) is 4.98 Å². The van der Waals surface area contributed by atoms with Crippen LogP contribution >= 0.6 is 11.3 Å². The topological polar surface area (TPSA) is 85.1 Å². The van der Waals surface area contributed by atoms with Crippen molar-refractivity contribution in [1.29, 1.82) is 0 Å². The molecule has 2 rings (SSSR count). The largest absolute Gasteiger partial charge is 0.321 e. The van der Waals surface area contributed by atoms with Gasteiger partial charge in [-0.1, -0.05) is 0 Å². The highest BCUT2D eigenvalue weighted by Crippen LogP contribution is 2.32. The van der Waals surface area contributed by atoms with E-state index in [1.807, 2.05) is 6.92 Å². The first-order chi connectivity index (χ1) is 7.97. The first-order valence-electron chi connectivity index (χ1n) is 4.80. The van der Waals surface area contributed by atoms with Gasteiger partial charge in [-0.05, 0) is 13.0 Å². The standard InChI is InChI=1S/C10H9N3O3S/c1-5(14)11-7-3-8-10(17-6(2)12-8)4-9(7)13(15)16/h3-4H,1-2H3,(H,11,14). The second-order valence-electron chi connectivity index (χ2n) is 3.51. The average molecular weight is 251 g/mol. The van der Waals surface area contributed by atoms with Crippen LogP contribution in [0.25, 0.3) is 10.2 Å². The Kier molecular flexibility index (Phi) is 2.76. The number of nitro groups is 1. The van der Waals surface area contributed by atoms with Crippen molar-refractivity contribution >= 4 is 38.8 Å². The summed E-state index contributed by atoms with van der Waals surface area (Å²) in [4.78, 5) is 25.6. The molecule has 1 aromatic carbocycles. The molecule has 0 fully saturated rings. The summed E-state index contributed by atoms with van der Waals surface area (Å²) < 4.78 is 0.739. The number of aromatic nitrogens is 1. The van der Waals surface area contributed by atoms with Gasteiger partial charge in [-0.15, -0.1) is 11.3 Å². The van der Waals surface area contributed by atoms with E-state index in [9.17, 15) is 14.9 Å². The van der Waals surface area contributed by atoms with E-state index in [0.29, 0.717) is 5.52 Å². The number of carbonyl (C=O) groups is 1. The molecule has 1 N–H and O–H groups in total. The fourth-order valence-corrected chi connectivity index (χ4v) is 2.36. The molecule has 0 unspecified atom stereocenters. The summed E-state index contributed by atoms with van der Waals surface area (Å²) in [5.74, 6) is -0.348. The molecule has 7 heteroatoms. The zero-order chi connectivity index (χ0) is 12.6. The third kappa shape index (κ3) is 2.23. The van der Waals surface area contributed by atoms with Gasteiger partial charge < -0.3 is 5.32 Å². The van der Waals surface area contributed by atoms with Crippen molar-refractivity contribution in [2.45, 2.75) is 13.8 Å². The number of carbonyl (C=O) groups excluding carboxylic acids is 1. The molecule has 88 valence electrons. The number of anilines is 1. The lowest BCUT2D eigenvalue weighted by Crippen LogP contribution is -2.07. The molecule has 1 amide bonds. The van der Waals surface area contributed by atoms with Gasteiger partial charge in [0.2, 0.25) is 5.91 Å². The molecular formula is C10H9N3O3S. The van der Waals surface area contributed by atoms with E-state index in [1.54, 1.807) is 0 Å². The van der Waals surface area contributed by atoms with Gasteiger partial charge in [-0.2, -0.15) is 0 Å². The summed E-state index contributed by atoms with van der Waals surface area (Å²) >= 11 is 1.38. The maximum atomic E-state index is 11.0. The van der Waals surface area contributed by atoms with Gasteiger partial charge >= 0.3 is 0 Å². The third-order valence-electron chi connectivity index (χ3n) is 2.12. The number of nitrogens with zero attached hydrogens (tertiary/aromatic N) is 2. The lowest BCUT2D eigenvalue weighted by molar-refractivity contribution is -0.383. The summed E-state index contributed by atoms with van der Waals surface area (Å²) in [6.45, 7) is 3.13. The van der Waals surface area contributed by atoms with Crippen molar-refractivity contribution in [3.05, 3.63) is 27.3 Å². The van der Waals surface area contributed by atoms with Gasteiger partial charge in [0, 0.05) is 13.0 Å². The molecule has 0 aliphatic carbocycles. The Morgan fingerprint density at radius 2 is 2.24 bits per heavy atom. The van der Waals surface area contributed by atoms with Crippen LogP contribution in [0.1, 0.15) is 11.9 Å². The number of nitro benzene ring substituents is 1. The summed E-state index contributed by atoms with van der Waals surface area (Å²) in [6, 6.07) is 2.96. The molecule has 0 saturated carbocycles. The monoisotopic (exact) mass is 251 g/mol. The quantitative estimate of drug-likeness (QED) is 0.656. The number of benzene rings is 1. The van der Waals surface area contributed by atoms with Gasteiger partial charge in [0.05, 0.1) is 20.1 Å². The summed E-state index contributed by atoms with van der Waals surface area (Å²) in [5.41, 5.74) is 0.721. The molecule has 0 spiro atoms. The number of hydrogen-bond donors (Lipinski definition) is 1. The Bertz CT molecular complexity index is 621. The van der Waals surface area contributed by atoms with Crippen molar-refractivity contribution < 1.29 is 9.72 Å². The van der Waals surface area contributed by atoms with Crippen LogP contribution in [-0.4, -0.2) is 15.8 Å². The van der Waals surface area contributed by atoms with Gasteiger partial charge in [-0.3, -0.25) is 14.9 Å². The van der Waals surface area contributed by atoms with E-state index in [0.717, 1.165) is 9.71 Å². The van der Waals surface area contributed by atoms with E-state index in [1.165, 1.54) is 30.4 Å². The van der Waals surface area contributed by atoms with Gasteiger partial charge in [-0.25, -0.2) is 4.98 Å². The Labute approximate surface area is 100 Å². The number of thiazole rings is 1. The Morgan fingerprint density at radius 1 is 1.53 bits per heavy atom. The Hall–Kier alpha value is -2.02. The average Bonchev–Trinajstić information content (AvgIpc) is 2.54. The van der Waals surface area contributed by atoms with Crippen LogP contribution < -0.4 is 5.32 Å². The summed E-state index contributed by atoms with van der Waals surface area (Å²) in [5, 5.41) is 14.2. The molecule has 0 saturated heterocycles. The van der Waals surface area contributed by atoms with Crippen LogP contribution in [0.5, 0.6) is 0 Å². The number of hydrogen-bond acceptors (Lipinski definition) is 5. The van der Waals surface area contributed by atoms with E-state index in [-0.39, 0.29) is 17.3 Å². The number of aryl methyl sites for hydroxylation is 1. The maximum Gasteiger partial charge on any atom is 0.294 e. The van der Waals surface area contributed by atoms with Crippen LogP contribution in [0.2, 0.25) is 0 Å². The normalized spacial score (nSPS) is 10.5.